The molecule has 0 bridgehead atoms. The molecule has 0 spiro atoms. The van der Waals surface area contributed by atoms with E-state index in [1.54, 1.807) is 12.1 Å². The van der Waals surface area contributed by atoms with Crippen molar-refractivity contribution >= 4 is 0 Å². The number of phenols is 1. The molecule has 17 heavy (non-hydrogen) atoms. The standard InChI is InChI=1S/C15H25NO/c1-4-13(5-2)11-16-12(3)10-14-6-8-15(17)9-7-14/h6-9,12-13,16-17H,4-5,10-11H2,1-3H3. The van der Waals surface area contributed by atoms with Crippen LogP contribution in [0.1, 0.15) is 39.2 Å². The molecule has 0 heterocycles. The van der Waals surface area contributed by atoms with Crippen LogP contribution in [0.3, 0.4) is 0 Å². The molecule has 1 atom stereocenters. The number of benzene rings is 1. The zero-order valence-electron chi connectivity index (χ0n) is 11.2. The molecule has 0 aliphatic heterocycles. The lowest BCUT2D eigenvalue weighted by molar-refractivity contribution is 0.416. The van der Waals surface area contributed by atoms with Gasteiger partial charge in [0.25, 0.3) is 0 Å². The quantitative estimate of drug-likeness (QED) is 0.759. The van der Waals surface area contributed by atoms with E-state index in [1.165, 1.54) is 18.4 Å². The number of hydrogen-bond acceptors (Lipinski definition) is 2. The third kappa shape index (κ3) is 5.22. The molecule has 1 aromatic carbocycles. The fourth-order valence-corrected chi connectivity index (χ4v) is 2.00. The minimum absolute atomic E-state index is 0.339. The SMILES string of the molecule is CCC(CC)CNC(C)Cc1ccc(O)cc1. The van der Waals surface area contributed by atoms with E-state index in [4.69, 9.17) is 0 Å². The Morgan fingerprint density at radius 1 is 1.12 bits per heavy atom. The summed E-state index contributed by atoms with van der Waals surface area (Å²) in [5.74, 6) is 1.13. The van der Waals surface area contributed by atoms with Crippen LogP contribution in [-0.4, -0.2) is 17.7 Å². The summed E-state index contributed by atoms with van der Waals surface area (Å²) in [6.07, 6.45) is 3.51. The maximum absolute atomic E-state index is 9.22. The predicted octanol–water partition coefficient (Wildman–Crippen LogP) is 3.35. The first-order valence-electron chi connectivity index (χ1n) is 6.67. The summed E-state index contributed by atoms with van der Waals surface area (Å²) in [4.78, 5) is 0. The average Bonchev–Trinajstić information content (AvgIpc) is 2.33. The Hall–Kier alpha value is -1.02. The van der Waals surface area contributed by atoms with Crippen molar-refractivity contribution in [1.29, 1.82) is 0 Å². The van der Waals surface area contributed by atoms with E-state index in [0.29, 0.717) is 11.8 Å². The molecular formula is C15H25NO. The van der Waals surface area contributed by atoms with Gasteiger partial charge in [-0.05, 0) is 43.5 Å². The highest BCUT2D eigenvalue weighted by atomic mass is 16.3. The lowest BCUT2D eigenvalue weighted by atomic mass is 10.0. The van der Waals surface area contributed by atoms with Gasteiger partial charge in [-0.3, -0.25) is 0 Å². The molecule has 0 aromatic heterocycles. The van der Waals surface area contributed by atoms with Crippen LogP contribution >= 0.6 is 0 Å². The van der Waals surface area contributed by atoms with Gasteiger partial charge in [-0.15, -0.1) is 0 Å². The van der Waals surface area contributed by atoms with Crippen molar-refractivity contribution in [3.8, 4) is 5.75 Å². The van der Waals surface area contributed by atoms with Gasteiger partial charge in [0.2, 0.25) is 0 Å². The zero-order chi connectivity index (χ0) is 12.7. The van der Waals surface area contributed by atoms with Crippen molar-refractivity contribution < 1.29 is 5.11 Å². The molecule has 0 radical (unpaired) electrons. The minimum atomic E-state index is 0.339. The Morgan fingerprint density at radius 3 is 2.24 bits per heavy atom. The lowest BCUT2D eigenvalue weighted by Gasteiger charge is -2.18. The lowest BCUT2D eigenvalue weighted by Crippen LogP contribution is -2.32. The van der Waals surface area contributed by atoms with E-state index in [-0.39, 0.29) is 0 Å². The number of aromatic hydroxyl groups is 1. The first-order valence-corrected chi connectivity index (χ1v) is 6.67. The molecule has 0 amide bonds. The summed E-state index contributed by atoms with van der Waals surface area (Å²) in [5.41, 5.74) is 1.27. The zero-order valence-corrected chi connectivity index (χ0v) is 11.2. The van der Waals surface area contributed by atoms with Gasteiger partial charge in [0.05, 0.1) is 0 Å². The Kier molecular flexibility index (Phi) is 6.06. The normalized spacial score (nSPS) is 12.9. The van der Waals surface area contributed by atoms with Crippen LogP contribution in [0.2, 0.25) is 0 Å². The second kappa shape index (κ2) is 7.33. The largest absolute Gasteiger partial charge is 0.508 e. The van der Waals surface area contributed by atoms with Crippen molar-refractivity contribution in [1.82, 2.24) is 5.32 Å². The molecule has 1 rings (SSSR count). The topological polar surface area (TPSA) is 32.3 Å². The smallest absolute Gasteiger partial charge is 0.115 e. The van der Waals surface area contributed by atoms with Crippen LogP contribution in [0.25, 0.3) is 0 Å². The first kappa shape index (κ1) is 14.0. The molecule has 2 N–H and O–H groups in total. The van der Waals surface area contributed by atoms with Crippen molar-refractivity contribution in [2.75, 3.05) is 6.54 Å². The highest BCUT2D eigenvalue weighted by Crippen LogP contribution is 2.12. The molecule has 0 aliphatic rings. The maximum atomic E-state index is 9.22. The van der Waals surface area contributed by atoms with Crippen LogP contribution < -0.4 is 5.32 Å². The van der Waals surface area contributed by atoms with Gasteiger partial charge in [0, 0.05) is 6.04 Å². The number of hydrogen-bond donors (Lipinski definition) is 2. The monoisotopic (exact) mass is 235 g/mol. The molecule has 0 fully saturated rings. The summed E-state index contributed by atoms with van der Waals surface area (Å²) < 4.78 is 0. The van der Waals surface area contributed by atoms with Gasteiger partial charge in [0.1, 0.15) is 5.75 Å². The molecular weight excluding hydrogens is 210 g/mol. The van der Waals surface area contributed by atoms with Crippen molar-refractivity contribution in [2.24, 2.45) is 5.92 Å². The Bertz CT molecular complexity index is 303. The fourth-order valence-electron chi connectivity index (χ4n) is 2.00. The summed E-state index contributed by atoms with van der Waals surface area (Å²) in [6, 6.07) is 7.97. The van der Waals surface area contributed by atoms with Crippen molar-refractivity contribution in [3.05, 3.63) is 29.8 Å². The summed E-state index contributed by atoms with van der Waals surface area (Å²) in [5, 5.41) is 12.8. The van der Waals surface area contributed by atoms with Crippen LogP contribution in [0.4, 0.5) is 0 Å². The van der Waals surface area contributed by atoms with Gasteiger partial charge >= 0.3 is 0 Å². The average molecular weight is 235 g/mol. The Labute approximate surface area is 105 Å². The highest BCUT2D eigenvalue weighted by Gasteiger charge is 2.07. The third-order valence-electron chi connectivity index (χ3n) is 3.39. The van der Waals surface area contributed by atoms with Gasteiger partial charge in [-0.1, -0.05) is 38.8 Å². The number of nitrogens with one attached hydrogen (secondary N) is 1. The molecule has 0 saturated carbocycles. The molecule has 2 heteroatoms. The van der Waals surface area contributed by atoms with Gasteiger partial charge in [-0.2, -0.15) is 0 Å². The van der Waals surface area contributed by atoms with E-state index in [2.05, 4.69) is 26.1 Å². The van der Waals surface area contributed by atoms with Crippen LogP contribution in [0, 0.1) is 5.92 Å². The Balaban J connectivity index is 2.34. The molecule has 0 saturated heterocycles. The second-order valence-corrected chi connectivity index (χ2v) is 4.86. The van der Waals surface area contributed by atoms with Gasteiger partial charge in [-0.25, -0.2) is 0 Å². The molecule has 2 nitrogen and oxygen atoms in total. The molecule has 1 aromatic rings. The minimum Gasteiger partial charge on any atom is -0.508 e. The van der Waals surface area contributed by atoms with E-state index in [0.717, 1.165) is 18.9 Å². The van der Waals surface area contributed by atoms with Crippen molar-refractivity contribution in [2.45, 2.75) is 46.1 Å². The van der Waals surface area contributed by atoms with E-state index in [1.807, 2.05) is 12.1 Å². The highest BCUT2D eigenvalue weighted by molar-refractivity contribution is 5.26. The summed E-state index contributed by atoms with van der Waals surface area (Å²) in [6.45, 7) is 7.82. The van der Waals surface area contributed by atoms with Gasteiger partial charge in [0.15, 0.2) is 0 Å². The first-order chi connectivity index (χ1) is 8.15. The molecule has 1 unspecified atom stereocenters. The third-order valence-corrected chi connectivity index (χ3v) is 3.39. The predicted molar refractivity (Wildman–Crippen MR) is 73.3 cm³/mol. The van der Waals surface area contributed by atoms with Crippen LogP contribution in [0.5, 0.6) is 5.75 Å². The van der Waals surface area contributed by atoms with Crippen LogP contribution in [-0.2, 0) is 6.42 Å². The van der Waals surface area contributed by atoms with Crippen molar-refractivity contribution in [3.63, 3.8) is 0 Å². The second-order valence-electron chi connectivity index (χ2n) is 4.86. The van der Waals surface area contributed by atoms with E-state index < -0.39 is 0 Å². The van der Waals surface area contributed by atoms with Crippen LogP contribution in [0.15, 0.2) is 24.3 Å². The maximum Gasteiger partial charge on any atom is 0.115 e. The number of rotatable bonds is 7. The summed E-state index contributed by atoms with van der Waals surface area (Å²) in [7, 11) is 0. The Morgan fingerprint density at radius 2 is 1.71 bits per heavy atom. The van der Waals surface area contributed by atoms with E-state index in [9.17, 15) is 5.11 Å². The number of phenolic OH excluding ortho intramolecular Hbond substituents is 1. The fraction of sp³-hybridized carbons (Fsp3) is 0.600. The van der Waals surface area contributed by atoms with E-state index >= 15 is 0 Å². The molecule has 0 aliphatic carbocycles. The van der Waals surface area contributed by atoms with Gasteiger partial charge < -0.3 is 10.4 Å². The summed E-state index contributed by atoms with van der Waals surface area (Å²) >= 11 is 0. The molecule has 96 valence electrons.